The summed E-state index contributed by atoms with van der Waals surface area (Å²) in [6.07, 6.45) is 0.992. The normalized spacial score (nSPS) is 21.9. The molecule has 1 fully saturated rings. The Bertz CT molecular complexity index is 568. The van der Waals surface area contributed by atoms with E-state index in [1.807, 2.05) is 12.1 Å². The molecule has 1 aliphatic rings. The first-order valence-corrected chi connectivity index (χ1v) is 8.04. The van der Waals surface area contributed by atoms with E-state index in [2.05, 4.69) is 11.8 Å². The van der Waals surface area contributed by atoms with Gasteiger partial charge in [0.05, 0.1) is 12.1 Å². The van der Waals surface area contributed by atoms with E-state index in [4.69, 9.17) is 32.5 Å². The number of carbonyl (C=O) groups is 1. The maximum atomic E-state index is 10.9. The van der Waals surface area contributed by atoms with Crippen molar-refractivity contribution in [2.75, 3.05) is 26.8 Å². The molecule has 4 N–H and O–H groups in total. The van der Waals surface area contributed by atoms with Crippen molar-refractivity contribution in [3.05, 3.63) is 22.7 Å². The van der Waals surface area contributed by atoms with E-state index in [1.54, 1.807) is 0 Å². The Morgan fingerprint density at radius 3 is 2.83 bits per heavy atom. The number of piperidine rings is 1. The minimum Gasteiger partial charge on any atom is -0.493 e. The maximum Gasteiger partial charge on any atom is 0.255 e. The maximum absolute atomic E-state index is 10.9. The second kappa shape index (κ2) is 7.86. The van der Waals surface area contributed by atoms with Crippen LogP contribution in [-0.2, 0) is 11.3 Å². The minimum absolute atomic E-state index is 0.239. The molecule has 0 aliphatic carbocycles. The van der Waals surface area contributed by atoms with Gasteiger partial charge in [0, 0.05) is 19.1 Å². The Balaban J connectivity index is 2.11. The van der Waals surface area contributed by atoms with Crippen LogP contribution in [0.5, 0.6) is 11.5 Å². The van der Waals surface area contributed by atoms with Crippen molar-refractivity contribution < 1.29 is 14.3 Å². The third kappa shape index (κ3) is 4.73. The summed E-state index contributed by atoms with van der Waals surface area (Å²) in [6, 6.07) is 3.98. The number of rotatable bonds is 6. The number of methoxy groups -OCH3 is 1. The molecule has 1 aliphatic heterocycles. The van der Waals surface area contributed by atoms with Crippen LogP contribution < -0.4 is 20.9 Å². The van der Waals surface area contributed by atoms with E-state index in [9.17, 15) is 4.79 Å². The number of hydrogen-bond donors (Lipinski definition) is 2. The molecule has 6 nitrogen and oxygen atoms in total. The van der Waals surface area contributed by atoms with E-state index in [0.29, 0.717) is 22.4 Å². The molecule has 1 amide bonds. The van der Waals surface area contributed by atoms with Crippen LogP contribution in [0.25, 0.3) is 0 Å². The van der Waals surface area contributed by atoms with Gasteiger partial charge < -0.3 is 20.9 Å². The van der Waals surface area contributed by atoms with Crippen molar-refractivity contribution in [2.45, 2.75) is 25.9 Å². The van der Waals surface area contributed by atoms with E-state index >= 15 is 0 Å². The smallest absolute Gasteiger partial charge is 0.255 e. The highest BCUT2D eigenvalue weighted by molar-refractivity contribution is 6.32. The van der Waals surface area contributed by atoms with Crippen LogP contribution in [0.4, 0.5) is 0 Å². The van der Waals surface area contributed by atoms with E-state index in [-0.39, 0.29) is 12.6 Å². The lowest BCUT2D eigenvalue weighted by Crippen LogP contribution is -2.45. The zero-order valence-electron chi connectivity index (χ0n) is 13.5. The van der Waals surface area contributed by atoms with E-state index < -0.39 is 5.91 Å². The van der Waals surface area contributed by atoms with Crippen molar-refractivity contribution in [3.63, 3.8) is 0 Å². The lowest BCUT2D eigenvalue weighted by atomic mass is 9.94. The zero-order chi connectivity index (χ0) is 17.0. The number of ether oxygens (including phenoxy) is 2. The molecule has 128 valence electrons. The Labute approximate surface area is 141 Å². The Morgan fingerprint density at radius 1 is 1.48 bits per heavy atom. The summed E-state index contributed by atoms with van der Waals surface area (Å²) in [5.41, 5.74) is 12.2. The molecule has 1 aromatic rings. The largest absolute Gasteiger partial charge is 0.493 e. The van der Waals surface area contributed by atoms with Crippen LogP contribution in [0, 0.1) is 5.92 Å². The molecular formula is C16H24ClN3O3. The quantitative estimate of drug-likeness (QED) is 0.815. The number of amides is 1. The van der Waals surface area contributed by atoms with Gasteiger partial charge in [0.2, 0.25) is 0 Å². The second-order valence-electron chi connectivity index (χ2n) is 6.03. The minimum atomic E-state index is -0.564. The fourth-order valence-electron chi connectivity index (χ4n) is 2.80. The van der Waals surface area contributed by atoms with Gasteiger partial charge in [-0.25, -0.2) is 0 Å². The van der Waals surface area contributed by atoms with Crippen LogP contribution >= 0.6 is 11.6 Å². The number of benzene rings is 1. The van der Waals surface area contributed by atoms with Crippen LogP contribution in [0.3, 0.4) is 0 Å². The molecular weight excluding hydrogens is 318 g/mol. The predicted molar refractivity (Wildman–Crippen MR) is 89.7 cm³/mol. The molecule has 2 atom stereocenters. The lowest BCUT2D eigenvalue weighted by Gasteiger charge is -2.35. The molecule has 1 aromatic carbocycles. The van der Waals surface area contributed by atoms with Crippen molar-refractivity contribution in [1.82, 2.24) is 4.90 Å². The first-order chi connectivity index (χ1) is 10.9. The topological polar surface area (TPSA) is 90.8 Å². The summed E-state index contributed by atoms with van der Waals surface area (Å²) in [5.74, 6) is 0.742. The molecule has 0 radical (unpaired) electrons. The fourth-order valence-corrected chi connectivity index (χ4v) is 3.09. The predicted octanol–water partition coefficient (Wildman–Crippen LogP) is 1.38. The number of hydrogen-bond acceptors (Lipinski definition) is 5. The Kier molecular flexibility index (Phi) is 6.10. The van der Waals surface area contributed by atoms with Gasteiger partial charge in [0.25, 0.3) is 5.91 Å². The van der Waals surface area contributed by atoms with Crippen molar-refractivity contribution in [3.8, 4) is 11.5 Å². The van der Waals surface area contributed by atoms with Crippen LogP contribution in [-0.4, -0.2) is 43.7 Å². The summed E-state index contributed by atoms with van der Waals surface area (Å²) in [6.45, 7) is 4.62. The second-order valence-corrected chi connectivity index (χ2v) is 6.44. The van der Waals surface area contributed by atoms with Gasteiger partial charge in [0.15, 0.2) is 18.1 Å². The first-order valence-electron chi connectivity index (χ1n) is 7.66. The molecule has 2 unspecified atom stereocenters. The first kappa shape index (κ1) is 17.8. The molecule has 0 spiro atoms. The summed E-state index contributed by atoms with van der Waals surface area (Å²) >= 11 is 6.27. The number of halogens is 1. The summed E-state index contributed by atoms with van der Waals surface area (Å²) < 4.78 is 10.7. The summed E-state index contributed by atoms with van der Waals surface area (Å²) in [5, 5.41) is 0.405. The number of carbonyl (C=O) groups excluding carboxylic acids is 1. The fraction of sp³-hybridized carbons (Fsp3) is 0.562. The van der Waals surface area contributed by atoms with E-state index in [0.717, 1.165) is 31.6 Å². The van der Waals surface area contributed by atoms with Crippen molar-refractivity contribution >= 4 is 17.5 Å². The number of likely N-dealkylation sites (tertiary alicyclic amines) is 1. The number of primary amides is 1. The Hall–Kier alpha value is -1.50. The number of nitrogens with zero attached hydrogens (tertiary/aromatic N) is 1. The lowest BCUT2D eigenvalue weighted by molar-refractivity contribution is -0.119. The average molecular weight is 342 g/mol. The molecule has 1 saturated heterocycles. The Morgan fingerprint density at radius 2 is 2.22 bits per heavy atom. The SMILES string of the molecule is COc1cc(CN2CCC(N)C(C)C2)cc(Cl)c1OCC(N)=O. The number of nitrogens with two attached hydrogens (primary N) is 2. The monoisotopic (exact) mass is 341 g/mol. The molecule has 7 heteroatoms. The van der Waals surface area contributed by atoms with Gasteiger partial charge >= 0.3 is 0 Å². The van der Waals surface area contributed by atoms with Crippen LogP contribution in [0.15, 0.2) is 12.1 Å². The van der Waals surface area contributed by atoms with Crippen LogP contribution in [0.1, 0.15) is 18.9 Å². The van der Waals surface area contributed by atoms with Gasteiger partial charge in [-0.3, -0.25) is 9.69 Å². The van der Waals surface area contributed by atoms with Gasteiger partial charge in [-0.2, -0.15) is 0 Å². The molecule has 0 bridgehead atoms. The third-order valence-corrected chi connectivity index (χ3v) is 4.39. The highest BCUT2D eigenvalue weighted by Crippen LogP contribution is 2.37. The van der Waals surface area contributed by atoms with Gasteiger partial charge in [-0.05, 0) is 36.6 Å². The molecule has 0 saturated carbocycles. The van der Waals surface area contributed by atoms with Crippen LogP contribution in [0.2, 0.25) is 5.02 Å². The van der Waals surface area contributed by atoms with E-state index in [1.165, 1.54) is 7.11 Å². The zero-order valence-corrected chi connectivity index (χ0v) is 14.3. The summed E-state index contributed by atoms with van der Waals surface area (Å²) in [4.78, 5) is 13.2. The summed E-state index contributed by atoms with van der Waals surface area (Å²) in [7, 11) is 1.54. The highest BCUT2D eigenvalue weighted by atomic mass is 35.5. The standard InChI is InChI=1S/C16H24ClN3O3/c1-10-7-20(4-3-13(10)18)8-11-5-12(17)16(14(6-11)22-2)23-9-15(19)21/h5-6,10,13H,3-4,7-9,18H2,1-2H3,(H2,19,21). The molecule has 2 rings (SSSR count). The van der Waals surface area contributed by atoms with Gasteiger partial charge in [-0.15, -0.1) is 0 Å². The van der Waals surface area contributed by atoms with Crippen molar-refractivity contribution in [1.29, 1.82) is 0 Å². The average Bonchev–Trinajstić information content (AvgIpc) is 2.49. The molecule has 23 heavy (non-hydrogen) atoms. The van der Waals surface area contributed by atoms with Gasteiger partial charge in [-0.1, -0.05) is 18.5 Å². The highest BCUT2D eigenvalue weighted by Gasteiger charge is 2.23. The molecule has 0 aromatic heterocycles. The third-order valence-electron chi connectivity index (χ3n) is 4.11. The van der Waals surface area contributed by atoms with Gasteiger partial charge in [0.1, 0.15) is 0 Å². The molecule has 1 heterocycles. The van der Waals surface area contributed by atoms with Crippen molar-refractivity contribution in [2.24, 2.45) is 17.4 Å².